The first-order valence-corrected chi connectivity index (χ1v) is 14.9. The van der Waals surface area contributed by atoms with Crippen LogP contribution in [0.3, 0.4) is 0 Å². The average molecular weight is 524 g/mol. The van der Waals surface area contributed by atoms with Gasteiger partial charge in [0.25, 0.3) is 0 Å². The lowest BCUT2D eigenvalue weighted by Crippen LogP contribution is -2.47. The molecule has 3 N–H and O–H groups in total. The highest BCUT2D eigenvalue weighted by Gasteiger charge is 2.19. The number of nitrogens with one attached hydrogen (secondary N) is 3. The summed E-state index contributed by atoms with van der Waals surface area (Å²) in [5.41, 5.74) is 3.55. The fraction of sp³-hybridized carbons (Fsp3) is 0.667. The van der Waals surface area contributed by atoms with E-state index in [-0.39, 0.29) is 0 Å². The monoisotopic (exact) mass is 523 g/mol. The van der Waals surface area contributed by atoms with Crippen LogP contribution < -0.4 is 20.9 Å². The maximum Gasteiger partial charge on any atom is 0.225 e. The molecular formula is C30H49N7O. The summed E-state index contributed by atoms with van der Waals surface area (Å²) in [6, 6.07) is 11.7. The van der Waals surface area contributed by atoms with Gasteiger partial charge in [0.05, 0.1) is 6.61 Å². The highest BCUT2D eigenvalue weighted by molar-refractivity contribution is 5.45. The Kier molecular flexibility index (Phi) is 12.1. The van der Waals surface area contributed by atoms with Crippen LogP contribution in [0.4, 0.5) is 11.8 Å². The number of nitrogens with zero attached hydrogens (tertiary/aromatic N) is 4. The molecule has 0 bridgehead atoms. The highest BCUT2D eigenvalue weighted by atomic mass is 16.5. The van der Waals surface area contributed by atoms with Gasteiger partial charge >= 0.3 is 0 Å². The summed E-state index contributed by atoms with van der Waals surface area (Å²) in [4.78, 5) is 14.3. The van der Waals surface area contributed by atoms with Gasteiger partial charge in [-0.15, -0.1) is 0 Å². The van der Waals surface area contributed by atoms with E-state index in [0.29, 0.717) is 12.5 Å². The quantitative estimate of drug-likeness (QED) is 0.303. The van der Waals surface area contributed by atoms with Gasteiger partial charge in [0, 0.05) is 70.2 Å². The zero-order valence-electron chi connectivity index (χ0n) is 23.7. The molecule has 0 unspecified atom stereocenters. The van der Waals surface area contributed by atoms with Crippen molar-refractivity contribution < 1.29 is 4.74 Å². The Morgan fingerprint density at radius 1 is 0.921 bits per heavy atom. The van der Waals surface area contributed by atoms with Crippen LogP contribution in [0.5, 0.6) is 0 Å². The average Bonchev–Trinajstić information content (AvgIpc) is 2.95. The molecule has 4 rings (SSSR count). The lowest BCUT2D eigenvalue weighted by atomic mass is 9.95. The molecule has 0 radical (unpaired) electrons. The van der Waals surface area contributed by atoms with E-state index < -0.39 is 0 Å². The number of aromatic nitrogens is 2. The number of benzene rings is 1. The Labute approximate surface area is 229 Å². The van der Waals surface area contributed by atoms with Crippen LogP contribution in [0.1, 0.15) is 62.3 Å². The van der Waals surface area contributed by atoms with Crippen molar-refractivity contribution in [2.45, 2.75) is 71.5 Å². The predicted molar refractivity (Wildman–Crippen MR) is 157 cm³/mol. The molecule has 1 aromatic heterocycles. The fourth-order valence-electron chi connectivity index (χ4n) is 5.35. The van der Waals surface area contributed by atoms with Crippen molar-refractivity contribution in [1.29, 1.82) is 0 Å². The zero-order chi connectivity index (χ0) is 26.4. The third kappa shape index (κ3) is 9.80. The highest BCUT2D eigenvalue weighted by Crippen LogP contribution is 2.18. The van der Waals surface area contributed by atoms with Crippen molar-refractivity contribution in [1.82, 2.24) is 25.5 Å². The molecule has 2 fully saturated rings. The molecule has 0 spiro atoms. The molecule has 1 saturated heterocycles. The van der Waals surface area contributed by atoms with Crippen LogP contribution >= 0.6 is 0 Å². The van der Waals surface area contributed by atoms with Crippen molar-refractivity contribution in [2.24, 2.45) is 0 Å². The zero-order valence-corrected chi connectivity index (χ0v) is 23.7. The number of hydrogen-bond donors (Lipinski definition) is 3. The van der Waals surface area contributed by atoms with E-state index in [1.165, 1.54) is 49.7 Å². The number of anilines is 2. The molecule has 1 saturated carbocycles. The minimum absolute atomic E-state index is 0.700. The van der Waals surface area contributed by atoms with Gasteiger partial charge in [-0.25, -0.2) is 4.98 Å². The molecule has 1 aliphatic carbocycles. The SMILES string of the molecule is CCOCCN1CCN(c2cc(C)nc(NCc3ccc(CNCCCNC4CCCCC4)cc3)n2)CC1. The fourth-order valence-corrected chi connectivity index (χ4v) is 5.35. The molecule has 0 atom stereocenters. The summed E-state index contributed by atoms with van der Waals surface area (Å²) in [6.45, 7) is 14.5. The molecule has 2 aromatic rings. The second-order valence-electron chi connectivity index (χ2n) is 10.7. The van der Waals surface area contributed by atoms with E-state index in [4.69, 9.17) is 9.72 Å². The van der Waals surface area contributed by atoms with E-state index >= 15 is 0 Å². The van der Waals surface area contributed by atoms with Crippen LogP contribution in [0, 0.1) is 6.92 Å². The lowest BCUT2D eigenvalue weighted by molar-refractivity contribution is 0.111. The first-order valence-electron chi connectivity index (χ1n) is 14.9. The normalized spacial score (nSPS) is 17.2. The largest absolute Gasteiger partial charge is 0.380 e. The summed E-state index contributed by atoms with van der Waals surface area (Å²) >= 11 is 0. The van der Waals surface area contributed by atoms with Gasteiger partial charge in [0.15, 0.2) is 0 Å². The van der Waals surface area contributed by atoms with Crippen LogP contribution in [-0.4, -0.2) is 79.9 Å². The van der Waals surface area contributed by atoms with Crippen LogP contribution in [0.15, 0.2) is 30.3 Å². The Morgan fingerprint density at radius 2 is 1.66 bits per heavy atom. The first kappa shape index (κ1) is 28.7. The molecule has 0 amide bonds. The van der Waals surface area contributed by atoms with Crippen LogP contribution in [-0.2, 0) is 17.8 Å². The minimum atomic E-state index is 0.700. The molecule has 8 heteroatoms. The topological polar surface area (TPSA) is 77.6 Å². The second kappa shape index (κ2) is 16.0. The summed E-state index contributed by atoms with van der Waals surface area (Å²) in [5, 5.41) is 10.7. The summed E-state index contributed by atoms with van der Waals surface area (Å²) < 4.78 is 5.51. The maximum absolute atomic E-state index is 5.51. The van der Waals surface area contributed by atoms with Crippen molar-refractivity contribution in [3.8, 4) is 0 Å². The predicted octanol–water partition coefficient (Wildman–Crippen LogP) is 3.96. The number of rotatable bonds is 15. The Morgan fingerprint density at radius 3 is 2.39 bits per heavy atom. The maximum atomic E-state index is 5.51. The molecule has 1 aromatic carbocycles. The van der Waals surface area contributed by atoms with Crippen molar-refractivity contribution in [3.05, 3.63) is 47.2 Å². The Hall–Kier alpha value is -2.26. The molecular weight excluding hydrogens is 474 g/mol. The molecule has 1 aliphatic heterocycles. The first-order chi connectivity index (χ1) is 18.7. The molecule has 210 valence electrons. The Balaban J connectivity index is 1.15. The standard InChI is InChI=1S/C30H49N7O/c1-3-38-21-20-36-16-18-37(19-17-36)29-22-25(2)34-30(35-29)33-24-27-12-10-26(11-13-27)23-31-14-7-15-32-28-8-5-4-6-9-28/h10-13,22,28,31-32H,3-9,14-21,23-24H2,1-2H3,(H,33,34,35). The van der Waals surface area contributed by atoms with Gasteiger partial charge in [0.1, 0.15) is 5.82 Å². The van der Waals surface area contributed by atoms with Crippen molar-refractivity contribution in [3.63, 3.8) is 0 Å². The van der Waals surface area contributed by atoms with Crippen LogP contribution in [0.25, 0.3) is 0 Å². The van der Waals surface area contributed by atoms with Gasteiger partial charge < -0.3 is 25.6 Å². The summed E-state index contributed by atoms with van der Waals surface area (Å²) in [6.07, 6.45) is 8.12. The van der Waals surface area contributed by atoms with Gasteiger partial charge in [-0.05, 0) is 57.3 Å². The second-order valence-corrected chi connectivity index (χ2v) is 10.7. The molecule has 2 heterocycles. The molecule has 8 nitrogen and oxygen atoms in total. The number of hydrogen-bond acceptors (Lipinski definition) is 8. The van der Waals surface area contributed by atoms with E-state index in [1.807, 2.05) is 13.8 Å². The van der Waals surface area contributed by atoms with Gasteiger partial charge in [0.2, 0.25) is 5.95 Å². The van der Waals surface area contributed by atoms with Crippen molar-refractivity contribution in [2.75, 3.05) is 69.2 Å². The smallest absolute Gasteiger partial charge is 0.225 e. The van der Waals surface area contributed by atoms with E-state index in [9.17, 15) is 0 Å². The summed E-state index contributed by atoms with van der Waals surface area (Å²) in [5.74, 6) is 1.71. The van der Waals surface area contributed by atoms with E-state index in [1.54, 1.807) is 0 Å². The van der Waals surface area contributed by atoms with Gasteiger partial charge in [-0.3, -0.25) is 4.90 Å². The summed E-state index contributed by atoms with van der Waals surface area (Å²) in [7, 11) is 0. The van der Waals surface area contributed by atoms with Crippen LogP contribution in [0.2, 0.25) is 0 Å². The Bertz CT molecular complexity index is 925. The third-order valence-corrected chi connectivity index (χ3v) is 7.66. The van der Waals surface area contributed by atoms with E-state index in [0.717, 1.165) is 83.1 Å². The third-order valence-electron chi connectivity index (χ3n) is 7.66. The number of aryl methyl sites for hydroxylation is 1. The number of ether oxygens (including phenoxy) is 1. The lowest BCUT2D eigenvalue weighted by Gasteiger charge is -2.35. The van der Waals surface area contributed by atoms with E-state index in [2.05, 4.69) is 61.1 Å². The molecule has 38 heavy (non-hydrogen) atoms. The molecule has 2 aliphatic rings. The van der Waals surface area contributed by atoms with Gasteiger partial charge in [-0.1, -0.05) is 43.5 Å². The minimum Gasteiger partial charge on any atom is -0.380 e. The van der Waals surface area contributed by atoms with Crippen molar-refractivity contribution >= 4 is 11.8 Å². The van der Waals surface area contributed by atoms with Gasteiger partial charge in [-0.2, -0.15) is 4.98 Å². The number of piperazine rings is 1.